The number of hydrogen-bond acceptors (Lipinski definition) is 1. The molecule has 0 saturated heterocycles. The molecule has 0 amide bonds. The second-order valence-corrected chi connectivity index (χ2v) is 6.31. The van der Waals surface area contributed by atoms with Gasteiger partial charge < -0.3 is 5.32 Å². The molecule has 1 aliphatic rings. The van der Waals surface area contributed by atoms with E-state index >= 15 is 0 Å². The van der Waals surface area contributed by atoms with E-state index in [9.17, 15) is 0 Å². The molecule has 1 unspecified atom stereocenters. The van der Waals surface area contributed by atoms with Crippen molar-refractivity contribution in [3.05, 3.63) is 27.7 Å². The van der Waals surface area contributed by atoms with Crippen LogP contribution < -0.4 is 5.32 Å². The van der Waals surface area contributed by atoms with E-state index in [2.05, 4.69) is 54.2 Å². The van der Waals surface area contributed by atoms with E-state index in [0.717, 1.165) is 5.92 Å². The van der Waals surface area contributed by atoms with Crippen molar-refractivity contribution in [2.24, 2.45) is 5.92 Å². The molecule has 0 radical (unpaired) electrons. The molecule has 1 atom stereocenters. The lowest BCUT2D eigenvalue weighted by Crippen LogP contribution is -2.24. The van der Waals surface area contributed by atoms with Crippen LogP contribution in [0, 0.1) is 19.8 Å². The van der Waals surface area contributed by atoms with Crippen LogP contribution >= 0.6 is 15.9 Å². The molecule has 0 heterocycles. The zero-order chi connectivity index (χ0) is 12.4. The second-order valence-electron chi connectivity index (χ2n) is 5.39. The van der Waals surface area contributed by atoms with Gasteiger partial charge in [0.1, 0.15) is 0 Å². The Kier molecular flexibility index (Phi) is 4.13. The van der Waals surface area contributed by atoms with Gasteiger partial charge in [0.15, 0.2) is 0 Å². The fourth-order valence-electron chi connectivity index (χ4n) is 2.94. The number of benzene rings is 1. The average molecular weight is 296 g/mol. The van der Waals surface area contributed by atoms with Gasteiger partial charge in [-0.15, -0.1) is 0 Å². The second kappa shape index (κ2) is 5.43. The third-order valence-corrected chi connectivity index (χ3v) is 4.43. The minimum atomic E-state index is 0.594. The first-order chi connectivity index (χ1) is 8.08. The zero-order valence-electron chi connectivity index (χ0n) is 11.0. The van der Waals surface area contributed by atoms with Crippen molar-refractivity contribution in [1.29, 1.82) is 0 Å². The highest BCUT2D eigenvalue weighted by Gasteiger charge is 2.22. The van der Waals surface area contributed by atoms with Crippen molar-refractivity contribution < 1.29 is 0 Å². The summed E-state index contributed by atoms with van der Waals surface area (Å²) in [6.07, 6.45) is 5.61. The molecule has 0 bridgehead atoms. The number of halogens is 1. The smallest absolute Gasteiger partial charge is 0.0402 e. The summed E-state index contributed by atoms with van der Waals surface area (Å²) in [4.78, 5) is 0. The Balaban J connectivity index is 2.12. The predicted octanol–water partition coefficient (Wildman–Crippen LogP) is 5.06. The van der Waals surface area contributed by atoms with Crippen molar-refractivity contribution in [2.45, 2.75) is 52.5 Å². The summed E-state index contributed by atoms with van der Waals surface area (Å²) in [6, 6.07) is 4.98. The van der Waals surface area contributed by atoms with Gasteiger partial charge in [-0.25, -0.2) is 0 Å². The fraction of sp³-hybridized carbons (Fsp3) is 0.600. The van der Waals surface area contributed by atoms with Crippen LogP contribution in [0.25, 0.3) is 0 Å². The Labute approximate surface area is 113 Å². The fourth-order valence-corrected chi connectivity index (χ4v) is 3.63. The van der Waals surface area contributed by atoms with Gasteiger partial charge in [0, 0.05) is 16.2 Å². The monoisotopic (exact) mass is 295 g/mol. The predicted molar refractivity (Wildman–Crippen MR) is 78.7 cm³/mol. The van der Waals surface area contributed by atoms with Crippen LogP contribution in [0.2, 0.25) is 0 Å². The lowest BCUT2D eigenvalue weighted by atomic mass is 9.98. The average Bonchev–Trinajstić information content (AvgIpc) is 2.76. The Morgan fingerprint density at radius 1 is 1.18 bits per heavy atom. The maximum Gasteiger partial charge on any atom is 0.0402 e. The highest BCUT2D eigenvalue weighted by Crippen LogP contribution is 2.31. The van der Waals surface area contributed by atoms with Crippen molar-refractivity contribution >= 4 is 21.6 Å². The molecule has 1 saturated carbocycles. The zero-order valence-corrected chi connectivity index (χ0v) is 12.6. The number of aryl methyl sites for hydroxylation is 2. The number of rotatable bonds is 3. The van der Waals surface area contributed by atoms with Gasteiger partial charge in [-0.1, -0.05) is 28.8 Å². The highest BCUT2D eigenvalue weighted by molar-refractivity contribution is 9.10. The first kappa shape index (κ1) is 12.9. The molecule has 1 aromatic rings. The minimum Gasteiger partial charge on any atom is -0.382 e. The molecule has 1 aliphatic carbocycles. The van der Waals surface area contributed by atoms with Gasteiger partial charge in [-0.3, -0.25) is 0 Å². The molecule has 2 heteroatoms. The topological polar surface area (TPSA) is 12.0 Å². The van der Waals surface area contributed by atoms with Crippen LogP contribution in [0.5, 0.6) is 0 Å². The highest BCUT2D eigenvalue weighted by atomic mass is 79.9. The van der Waals surface area contributed by atoms with Crippen molar-refractivity contribution in [3.63, 3.8) is 0 Å². The molecular weight excluding hydrogens is 274 g/mol. The summed E-state index contributed by atoms with van der Waals surface area (Å²) in [5.41, 5.74) is 4.00. The van der Waals surface area contributed by atoms with E-state index in [1.54, 1.807) is 0 Å². The first-order valence-corrected chi connectivity index (χ1v) is 7.40. The Hall–Kier alpha value is -0.500. The number of nitrogens with one attached hydrogen (secondary N) is 1. The van der Waals surface area contributed by atoms with Crippen LogP contribution in [0.15, 0.2) is 16.6 Å². The quantitative estimate of drug-likeness (QED) is 0.822. The molecule has 1 aromatic carbocycles. The van der Waals surface area contributed by atoms with Crippen LogP contribution in [0.4, 0.5) is 5.69 Å². The maximum absolute atomic E-state index is 3.73. The molecule has 94 valence electrons. The third kappa shape index (κ3) is 3.04. The molecule has 17 heavy (non-hydrogen) atoms. The van der Waals surface area contributed by atoms with Crippen molar-refractivity contribution in [3.8, 4) is 0 Å². The summed E-state index contributed by atoms with van der Waals surface area (Å²) in [6.45, 7) is 6.69. The van der Waals surface area contributed by atoms with Crippen LogP contribution in [0.3, 0.4) is 0 Å². The molecular formula is C15H22BrN. The van der Waals surface area contributed by atoms with Crippen LogP contribution in [0.1, 0.15) is 43.7 Å². The van der Waals surface area contributed by atoms with E-state index in [1.165, 1.54) is 47.0 Å². The molecule has 2 rings (SSSR count). The standard InChI is InChI=1S/C15H22BrN/c1-10-8-14(16)9-11(2)15(10)17-12(3)13-6-4-5-7-13/h8-9,12-13,17H,4-7H2,1-3H3. The number of hydrogen-bond donors (Lipinski definition) is 1. The maximum atomic E-state index is 3.73. The van der Waals surface area contributed by atoms with E-state index in [-0.39, 0.29) is 0 Å². The number of anilines is 1. The van der Waals surface area contributed by atoms with Gasteiger partial charge in [0.05, 0.1) is 0 Å². The largest absolute Gasteiger partial charge is 0.382 e. The van der Waals surface area contributed by atoms with E-state index in [0.29, 0.717) is 6.04 Å². The van der Waals surface area contributed by atoms with Crippen LogP contribution in [-0.4, -0.2) is 6.04 Å². The SMILES string of the molecule is Cc1cc(Br)cc(C)c1NC(C)C1CCCC1. The summed E-state index contributed by atoms with van der Waals surface area (Å²) < 4.78 is 1.17. The van der Waals surface area contributed by atoms with Gasteiger partial charge in [0.2, 0.25) is 0 Å². The Bertz CT molecular complexity index is 371. The van der Waals surface area contributed by atoms with Gasteiger partial charge in [0.25, 0.3) is 0 Å². The van der Waals surface area contributed by atoms with E-state index in [1.807, 2.05) is 0 Å². The molecule has 0 spiro atoms. The van der Waals surface area contributed by atoms with Crippen LogP contribution in [-0.2, 0) is 0 Å². The summed E-state index contributed by atoms with van der Waals surface area (Å²) in [5.74, 6) is 0.859. The van der Waals surface area contributed by atoms with Gasteiger partial charge in [-0.2, -0.15) is 0 Å². The first-order valence-electron chi connectivity index (χ1n) is 6.61. The molecule has 1 nitrogen and oxygen atoms in total. The third-order valence-electron chi connectivity index (χ3n) is 3.98. The van der Waals surface area contributed by atoms with E-state index in [4.69, 9.17) is 0 Å². The minimum absolute atomic E-state index is 0.594. The van der Waals surface area contributed by atoms with Crippen molar-refractivity contribution in [1.82, 2.24) is 0 Å². The lowest BCUT2D eigenvalue weighted by molar-refractivity contribution is 0.482. The lowest BCUT2D eigenvalue weighted by Gasteiger charge is -2.24. The van der Waals surface area contributed by atoms with Gasteiger partial charge >= 0.3 is 0 Å². The molecule has 1 N–H and O–H groups in total. The molecule has 1 fully saturated rings. The van der Waals surface area contributed by atoms with Gasteiger partial charge in [-0.05, 0) is 62.8 Å². The normalized spacial score (nSPS) is 18.4. The molecule has 0 aliphatic heterocycles. The van der Waals surface area contributed by atoms with E-state index < -0.39 is 0 Å². The van der Waals surface area contributed by atoms with Crippen molar-refractivity contribution in [2.75, 3.05) is 5.32 Å². The Morgan fingerprint density at radius 2 is 1.71 bits per heavy atom. The molecule has 0 aromatic heterocycles. The summed E-state index contributed by atoms with van der Waals surface area (Å²) in [7, 11) is 0. The Morgan fingerprint density at radius 3 is 2.24 bits per heavy atom. The summed E-state index contributed by atoms with van der Waals surface area (Å²) in [5, 5.41) is 3.73. The summed E-state index contributed by atoms with van der Waals surface area (Å²) >= 11 is 3.55.